The number of methoxy groups -OCH3 is 2. The number of ether oxygens (including phenoxy) is 2. The molecule has 30 heteroatoms. The Labute approximate surface area is 554 Å². The van der Waals surface area contributed by atoms with E-state index in [-0.39, 0.29) is 156 Å². The van der Waals surface area contributed by atoms with Crippen LogP contribution in [0.2, 0.25) is 10.0 Å². The third-order valence-electron chi connectivity index (χ3n) is 9.45. The minimum Gasteiger partial charge on any atom is -1.00 e. The summed E-state index contributed by atoms with van der Waals surface area (Å²) in [7, 11) is -5.52. The van der Waals surface area contributed by atoms with E-state index in [9.17, 15) is 38.8 Å². The van der Waals surface area contributed by atoms with E-state index in [0.29, 0.717) is 59.4 Å². The second-order valence-corrected chi connectivity index (χ2v) is 20.0. The topological polar surface area (TPSA) is 249 Å². The second kappa shape index (κ2) is 29.0. The monoisotopic (exact) mass is 1370 g/mol. The molecule has 0 atom stereocenters. The summed E-state index contributed by atoms with van der Waals surface area (Å²) < 4.78 is 134. The molecule has 17 nitrogen and oxygen atoms in total. The molecule has 0 radical (unpaired) electrons. The van der Waals surface area contributed by atoms with Crippen molar-refractivity contribution in [3.8, 4) is 39.8 Å². The van der Waals surface area contributed by atoms with Gasteiger partial charge in [-0.3, -0.25) is 14.8 Å². The molecule has 2 N–H and O–H groups in total. The average molecular weight is 1380 g/mol. The first-order valence-corrected chi connectivity index (χ1v) is 25.0. The van der Waals surface area contributed by atoms with Crippen molar-refractivity contribution in [1.82, 2.24) is 30.4 Å². The number of hydrogen-bond acceptors (Lipinski definition) is 19. The van der Waals surface area contributed by atoms with E-state index >= 15 is 0 Å². The van der Waals surface area contributed by atoms with Crippen LogP contribution < -0.4 is 162 Å². The number of sulfone groups is 1. The Morgan fingerprint density at radius 3 is 1.54 bits per heavy atom. The number of halogens is 7. The zero-order valence-corrected chi connectivity index (χ0v) is 55.6. The number of carbonyl (C=O) groups is 1. The molecule has 4 aromatic heterocycles. The Kier molecular flexibility index (Phi) is 24.9. The standard InChI is InChI=1S/C22H11ClF5NO4S.C19H14ClN3O3S2.C2H3N3S.CH2O3.2Cs.H/c1-32-15-9-11(23)2-4-14(15)21-13-5-3-12(8-10(13)6-7-29-21)34(30,31)33-22-19(27)17(25)16(24)18(26)20(22)28;1-26-17-9-13(20)2-4-16(17)19-15-5-3-14(8-12(15)6-7-21-19)28(24,25)10-18-23-22-11-27-18;3-2-5-4-1-6-2;2-1-4-3;;;/h2-9H,1H3;2-9,11H,10H2,1H3;1H,(H2,3,5);1,3H;;;/q;;;;2*+1;-1/p-1. The van der Waals surface area contributed by atoms with E-state index in [0.717, 1.165) is 28.5 Å². The number of nitrogen functional groups attached to an aromatic ring is 1. The van der Waals surface area contributed by atoms with Gasteiger partial charge in [0.2, 0.25) is 40.0 Å². The van der Waals surface area contributed by atoms with Gasteiger partial charge < -0.3 is 31.0 Å². The molecule has 376 valence electrons. The number of aromatic nitrogens is 6. The molecule has 0 spiro atoms. The molecular weight excluding hydrogens is 1350 g/mol. The molecule has 0 fully saturated rings. The van der Waals surface area contributed by atoms with Crippen LogP contribution in [-0.2, 0) is 35.4 Å². The van der Waals surface area contributed by atoms with Crippen molar-refractivity contribution in [2.45, 2.75) is 15.5 Å². The van der Waals surface area contributed by atoms with Crippen molar-refractivity contribution in [1.29, 1.82) is 0 Å². The van der Waals surface area contributed by atoms with Gasteiger partial charge in [-0.05, 0) is 83.6 Å². The van der Waals surface area contributed by atoms with Crippen molar-refractivity contribution in [3.05, 3.63) is 152 Å². The summed E-state index contributed by atoms with van der Waals surface area (Å²) in [6, 6.07) is 21.9. The summed E-state index contributed by atoms with van der Waals surface area (Å²) >= 11 is 14.6. The zero-order valence-electron chi connectivity index (χ0n) is 39.3. The molecule has 0 aliphatic carbocycles. The van der Waals surface area contributed by atoms with Crippen LogP contribution in [0.3, 0.4) is 0 Å². The molecule has 0 aliphatic rings. The normalized spacial score (nSPS) is 10.7. The van der Waals surface area contributed by atoms with Gasteiger partial charge in [0.1, 0.15) is 38.2 Å². The van der Waals surface area contributed by atoms with E-state index in [1.807, 2.05) is 6.07 Å². The smallest absolute Gasteiger partial charge is 1.00 e. The quantitative estimate of drug-likeness (QED) is 0.0372. The maximum Gasteiger partial charge on any atom is 1.00 e. The van der Waals surface area contributed by atoms with Gasteiger partial charge in [0.25, 0.3) is 6.47 Å². The van der Waals surface area contributed by atoms with Crippen molar-refractivity contribution in [3.63, 3.8) is 0 Å². The zero-order chi connectivity index (χ0) is 52.3. The fraction of sp³-hybridized carbons (Fsp3) is 0.0682. The molecule has 0 saturated carbocycles. The van der Waals surface area contributed by atoms with Gasteiger partial charge in [-0.25, -0.2) is 21.6 Å². The van der Waals surface area contributed by atoms with E-state index in [1.165, 1.54) is 53.6 Å². The molecule has 0 unspecified atom stereocenters. The fourth-order valence-electron chi connectivity index (χ4n) is 6.31. The first kappa shape index (κ1) is 63.4. The number of hydrogen-bond donors (Lipinski definition) is 1. The van der Waals surface area contributed by atoms with Crippen LogP contribution in [-0.4, -0.2) is 67.9 Å². The number of carbonyl (C=O) groups excluding carboxylic acids is 1. The largest absolute Gasteiger partial charge is 1.00 e. The first-order valence-electron chi connectivity index (χ1n) is 19.5. The summed E-state index contributed by atoms with van der Waals surface area (Å²) in [4.78, 5) is 19.7. The summed E-state index contributed by atoms with van der Waals surface area (Å²) in [5.41, 5.74) is 10.7. The number of nitrogens with two attached hydrogens (primary N) is 1. The van der Waals surface area contributed by atoms with Crippen molar-refractivity contribution >= 4 is 99.0 Å². The van der Waals surface area contributed by atoms with Gasteiger partial charge in [0.05, 0.1) is 30.5 Å². The van der Waals surface area contributed by atoms with Gasteiger partial charge in [-0.1, -0.05) is 46.7 Å². The van der Waals surface area contributed by atoms with Crippen LogP contribution in [0.15, 0.2) is 118 Å². The molecule has 4 heterocycles. The predicted molar refractivity (Wildman–Crippen MR) is 255 cm³/mol. The summed E-state index contributed by atoms with van der Waals surface area (Å²) in [6.07, 6.45) is 3.03. The summed E-state index contributed by atoms with van der Waals surface area (Å²) in [5, 5.41) is 27.2. The van der Waals surface area contributed by atoms with E-state index < -0.39 is 59.7 Å². The fourth-order valence-corrected chi connectivity index (χ4v) is 10.1. The van der Waals surface area contributed by atoms with Crippen molar-refractivity contribution in [2.75, 3.05) is 20.0 Å². The van der Waals surface area contributed by atoms with Gasteiger partial charge in [0.15, 0.2) is 9.84 Å². The average Bonchev–Trinajstić information content (AvgIpc) is 4.10. The third-order valence-corrected chi connectivity index (χ3v) is 14.2. The molecule has 5 aromatic carbocycles. The molecule has 0 bridgehead atoms. The van der Waals surface area contributed by atoms with E-state index in [1.54, 1.807) is 73.4 Å². The van der Waals surface area contributed by atoms with Crippen molar-refractivity contribution in [2.24, 2.45) is 0 Å². The van der Waals surface area contributed by atoms with E-state index in [4.69, 9.17) is 48.5 Å². The molecule has 9 aromatic rings. The molecule has 9 rings (SSSR count). The van der Waals surface area contributed by atoms with Crippen LogP contribution in [0.4, 0.5) is 27.1 Å². The molecule has 0 amide bonds. The van der Waals surface area contributed by atoms with Gasteiger partial charge in [-0.15, -0.1) is 31.7 Å². The second-order valence-electron chi connectivity index (χ2n) is 13.8. The van der Waals surface area contributed by atoms with Gasteiger partial charge in [0, 0.05) is 44.3 Å². The Morgan fingerprint density at radius 1 is 0.662 bits per heavy atom. The third kappa shape index (κ3) is 15.8. The molecule has 74 heavy (non-hydrogen) atoms. The Morgan fingerprint density at radius 2 is 1.12 bits per heavy atom. The number of rotatable bonds is 11. The van der Waals surface area contributed by atoms with E-state index in [2.05, 4.69) is 39.4 Å². The van der Waals surface area contributed by atoms with Crippen LogP contribution in [0, 0.1) is 29.1 Å². The van der Waals surface area contributed by atoms with Gasteiger partial charge in [-0.2, -0.15) is 17.2 Å². The van der Waals surface area contributed by atoms with Crippen LogP contribution in [0.25, 0.3) is 44.1 Å². The summed E-state index contributed by atoms with van der Waals surface area (Å²) in [6.45, 7) is -0.181. The molecule has 0 saturated heterocycles. The SMILES string of the molecule is COc1cc(Cl)ccc1-c1nccc2cc(S(=O)(=O)Cc3nncs3)ccc12.COc1cc(Cl)ccc1-c1nccc2cc(S(=O)(=O)Oc3c(F)c(F)c(F)c(F)c3F)ccc12.Nc1nncs1.O=CO[O-].[Cs+].[Cs+].[H-]. The maximum absolute atomic E-state index is 13.9. The first-order chi connectivity index (χ1) is 34.3. The van der Waals surface area contributed by atoms with Crippen LogP contribution in [0.5, 0.6) is 17.2 Å². The predicted octanol–water partition coefficient (Wildman–Crippen LogP) is 3.09. The van der Waals surface area contributed by atoms with Gasteiger partial charge >= 0.3 is 148 Å². The Balaban J connectivity index is 0.000000326. The summed E-state index contributed by atoms with van der Waals surface area (Å²) in [5.74, 6) is -13.1. The van der Waals surface area contributed by atoms with Crippen LogP contribution >= 0.6 is 45.9 Å². The number of fused-ring (bicyclic) bond motifs is 2. The minimum atomic E-state index is -4.99. The Hall–Kier alpha value is -3.10. The Bertz CT molecular complexity index is 3620. The van der Waals surface area contributed by atoms with Crippen molar-refractivity contribution < 1.29 is 207 Å². The number of anilines is 1. The number of pyridine rings is 2. The molecular formula is C44H30Cl2Cs2F5N7O10S4. The number of benzene rings is 5. The van der Waals surface area contributed by atoms with Crippen LogP contribution in [0.1, 0.15) is 6.43 Å². The minimum absolute atomic E-state index is 0. The number of nitrogens with zero attached hydrogens (tertiary/aromatic N) is 6. The molecule has 0 aliphatic heterocycles. The maximum atomic E-state index is 13.9.